The van der Waals surface area contributed by atoms with Crippen molar-refractivity contribution in [1.82, 2.24) is 24.8 Å². The molecule has 1 amide bonds. The third-order valence-corrected chi connectivity index (χ3v) is 4.11. The number of nitrogens with zero attached hydrogens (tertiary/aromatic N) is 4. The summed E-state index contributed by atoms with van der Waals surface area (Å²) in [4.78, 5) is 30.2. The minimum Gasteiger partial charge on any atom is -0.347 e. The number of aromatic nitrogens is 4. The molecule has 0 bridgehead atoms. The first-order chi connectivity index (χ1) is 11.3. The van der Waals surface area contributed by atoms with Crippen LogP contribution in [0.1, 0.15) is 33.4 Å². The quantitative estimate of drug-likeness (QED) is 0.785. The minimum absolute atomic E-state index is 0.0619. The number of hydrogen-bond acceptors (Lipinski definition) is 4. The highest BCUT2D eigenvalue weighted by Crippen LogP contribution is 2.31. The molecule has 114 valence electrons. The van der Waals surface area contributed by atoms with Crippen LogP contribution in [-0.2, 0) is 6.54 Å². The first-order valence-electron chi connectivity index (χ1n) is 7.45. The van der Waals surface area contributed by atoms with Crippen LogP contribution in [0.5, 0.6) is 0 Å². The third-order valence-electron chi connectivity index (χ3n) is 4.11. The summed E-state index contributed by atoms with van der Waals surface area (Å²) in [6.07, 6.45) is 6.29. The number of H-pyrrole nitrogens is 1. The van der Waals surface area contributed by atoms with E-state index in [1.54, 1.807) is 17.4 Å². The van der Waals surface area contributed by atoms with Gasteiger partial charge in [-0.25, -0.2) is 9.97 Å². The van der Waals surface area contributed by atoms with Crippen LogP contribution in [0, 0.1) is 0 Å². The van der Waals surface area contributed by atoms with Crippen LogP contribution < -0.4 is 0 Å². The van der Waals surface area contributed by atoms with Gasteiger partial charge in [0.1, 0.15) is 5.69 Å². The number of carbonyl (C=O) groups is 1. The Morgan fingerprint density at radius 2 is 2.04 bits per heavy atom. The maximum atomic E-state index is 12.7. The monoisotopic (exact) mass is 305 g/mol. The molecule has 0 radical (unpaired) electrons. The lowest BCUT2D eigenvalue weighted by Crippen LogP contribution is -2.39. The fourth-order valence-corrected chi connectivity index (χ4v) is 3.00. The molecule has 1 unspecified atom stereocenters. The van der Waals surface area contributed by atoms with Gasteiger partial charge < -0.3 is 9.88 Å². The zero-order valence-electron chi connectivity index (χ0n) is 12.4. The Morgan fingerprint density at radius 1 is 1.17 bits per heavy atom. The summed E-state index contributed by atoms with van der Waals surface area (Å²) in [7, 11) is 0. The number of rotatable bonds is 2. The van der Waals surface area contributed by atoms with Gasteiger partial charge in [0.25, 0.3) is 5.91 Å². The number of carbonyl (C=O) groups excluding carboxylic acids is 1. The van der Waals surface area contributed by atoms with Gasteiger partial charge in [-0.1, -0.05) is 30.3 Å². The third kappa shape index (κ3) is 2.48. The fraction of sp³-hybridized carbons (Fsp3) is 0.176. The molecular weight excluding hydrogens is 290 g/mol. The summed E-state index contributed by atoms with van der Waals surface area (Å²) in [6, 6.07) is 10.1. The summed E-state index contributed by atoms with van der Waals surface area (Å²) in [6.45, 7) is 1.09. The lowest BCUT2D eigenvalue weighted by molar-refractivity contribution is 0.0715. The Bertz CT molecular complexity index is 815. The van der Waals surface area contributed by atoms with Crippen LogP contribution in [0.15, 0.2) is 55.2 Å². The van der Waals surface area contributed by atoms with Crippen molar-refractivity contribution in [2.75, 3.05) is 6.54 Å². The Kier molecular flexibility index (Phi) is 3.34. The lowest BCUT2D eigenvalue weighted by atomic mass is 9.91. The van der Waals surface area contributed by atoms with Gasteiger partial charge in [-0.15, -0.1) is 0 Å². The van der Waals surface area contributed by atoms with Crippen molar-refractivity contribution in [2.45, 2.75) is 12.5 Å². The molecule has 0 saturated heterocycles. The normalized spacial score (nSPS) is 16.9. The number of imidazole rings is 1. The molecular formula is C17H15N5O. The maximum absolute atomic E-state index is 12.7. The predicted molar refractivity (Wildman–Crippen MR) is 83.6 cm³/mol. The molecule has 2 aromatic heterocycles. The van der Waals surface area contributed by atoms with Gasteiger partial charge in [0.15, 0.2) is 0 Å². The largest absolute Gasteiger partial charge is 0.347 e. The fourth-order valence-electron chi connectivity index (χ4n) is 3.00. The SMILES string of the molecule is O=C(c1cnccn1)N1Cc2[nH]cnc2C(c2ccccc2)C1. The molecule has 1 aliphatic heterocycles. The standard InChI is InChI=1S/C17H15N5O/c23-17(14-8-18-6-7-19-14)22-9-13(12-4-2-1-3-5-12)16-15(10-22)20-11-21-16/h1-8,11,13H,9-10H2,(H,20,21). The predicted octanol–water partition coefficient (Wildman–Crippen LogP) is 1.99. The molecule has 0 saturated carbocycles. The average molecular weight is 305 g/mol. The van der Waals surface area contributed by atoms with Crippen LogP contribution in [0.25, 0.3) is 0 Å². The van der Waals surface area contributed by atoms with Gasteiger partial charge in [0.05, 0.1) is 30.5 Å². The van der Waals surface area contributed by atoms with Crippen LogP contribution in [-0.4, -0.2) is 37.3 Å². The highest BCUT2D eigenvalue weighted by molar-refractivity contribution is 5.92. The lowest BCUT2D eigenvalue weighted by Gasteiger charge is -2.32. The number of amides is 1. The highest BCUT2D eigenvalue weighted by atomic mass is 16.2. The molecule has 1 atom stereocenters. The Balaban J connectivity index is 1.69. The molecule has 0 spiro atoms. The van der Waals surface area contributed by atoms with E-state index in [1.165, 1.54) is 12.4 Å². The van der Waals surface area contributed by atoms with Gasteiger partial charge in [-0.05, 0) is 5.56 Å². The molecule has 1 N–H and O–H groups in total. The minimum atomic E-state index is -0.112. The van der Waals surface area contributed by atoms with Gasteiger partial charge in [0.2, 0.25) is 0 Å². The van der Waals surface area contributed by atoms with E-state index in [1.807, 2.05) is 18.2 Å². The van der Waals surface area contributed by atoms with E-state index in [9.17, 15) is 4.79 Å². The molecule has 3 aromatic rings. The number of benzene rings is 1. The van der Waals surface area contributed by atoms with Crippen molar-refractivity contribution in [3.8, 4) is 0 Å². The topological polar surface area (TPSA) is 74.8 Å². The van der Waals surface area contributed by atoms with Gasteiger partial charge >= 0.3 is 0 Å². The molecule has 6 nitrogen and oxygen atoms in total. The molecule has 1 aromatic carbocycles. The van der Waals surface area contributed by atoms with Gasteiger partial charge in [0, 0.05) is 24.9 Å². The summed E-state index contributed by atoms with van der Waals surface area (Å²) in [5.41, 5.74) is 3.50. The highest BCUT2D eigenvalue weighted by Gasteiger charge is 2.32. The molecule has 4 rings (SSSR count). The Morgan fingerprint density at radius 3 is 2.83 bits per heavy atom. The Hall–Kier alpha value is -3.02. The van der Waals surface area contributed by atoms with E-state index < -0.39 is 0 Å². The Labute approximate surface area is 133 Å². The van der Waals surface area contributed by atoms with Crippen LogP contribution in [0.4, 0.5) is 0 Å². The number of nitrogens with one attached hydrogen (secondary N) is 1. The molecule has 1 aliphatic rings. The van der Waals surface area contributed by atoms with Crippen molar-refractivity contribution < 1.29 is 4.79 Å². The van der Waals surface area contributed by atoms with Crippen molar-refractivity contribution >= 4 is 5.91 Å². The second-order valence-electron chi connectivity index (χ2n) is 5.51. The summed E-state index contributed by atoms with van der Waals surface area (Å²) < 4.78 is 0. The summed E-state index contributed by atoms with van der Waals surface area (Å²) >= 11 is 0. The second kappa shape index (κ2) is 5.64. The van der Waals surface area contributed by atoms with Crippen molar-refractivity contribution in [2.24, 2.45) is 0 Å². The van der Waals surface area contributed by atoms with E-state index in [2.05, 4.69) is 32.1 Å². The van der Waals surface area contributed by atoms with Crippen LogP contribution >= 0.6 is 0 Å². The molecule has 0 aliphatic carbocycles. The van der Waals surface area contributed by atoms with E-state index >= 15 is 0 Å². The smallest absolute Gasteiger partial charge is 0.274 e. The second-order valence-corrected chi connectivity index (χ2v) is 5.51. The van der Waals surface area contributed by atoms with E-state index in [0.29, 0.717) is 18.8 Å². The number of hydrogen-bond donors (Lipinski definition) is 1. The number of fused-ring (bicyclic) bond motifs is 1. The zero-order valence-corrected chi connectivity index (χ0v) is 12.4. The van der Waals surface area contributed by atoms with Gasteiger partial charge in [-0.3, -0.25) is 9.78 Å². The summed E-state index contributed by atoms with van der Waals surface area (Å²) in [5, 5.41) is 0. The molecule has 0 fully saturated rings. The van der Waals surface area contributed by atoms with Crippen LogP contribution in [0.2, 0.25) is 0 Å². The van der Waals surface area contributed by atoms with Gasteiger partial charge in [-0.2, -0.15) is 0 Å². The molecule has 3 heterocycles. The zero-order chi connectivity index (χ0) is 15.6. The van der Waals surface area contributed by atoms with Crippen molar-refractivity contribution in [1.29, 1.82) is 0 Å². The first-order valence-corrected chi connectivity index (χ1v) is 7.45. The van der Waals surface area contributed by atoms with Crippen LogP contribution in [0.3, 0.4) is 0 Å². The number of aromatic amines is 1. The first kappa shape index (κ1) is 13.6. The van der Waals surface area contributed by atoms with E-state index in [4.69, 9.17) is 0 Å². The maximum Gasteiger partial charge on any atom is 0.274 e. The average Bonchev–Trinajstić information content (AvgIpc) is 3.10. The van der Waals surface area contributed by atoms with E-state index in [0.717, 1.165) is 17.0 Å². The molecule has 6 heteroatoms. The summed E-state index contributed by atoms with van der Waals surface area (Å²) in [5.74, 6) is -0.0499. The van der Waals surface area contributed by atoms with Crippen molar-refractivity contribution in [3.63, 3.8) is 0 Å². The molecule has 23 heavy (non-hydrogen) atoms. The van der Waals surface area contributed by atoms with Crippen molar-refractivity contribution in [3.05, 3.63) is 77.9 Å². The van der Waals surface area contributed by atoms with E-state index in [-0.39, 0.29) is 11.8 Å².